The van der Waals surface area contributed by atoms with Crippen LogP contribution in [0.5, 0.6) is 0 Å². The number of likely N-dealkylation sites (tertiary alicyclic amines) is 1. The number of methoxy groups -OCH3 is 2. The van der Waals surface area contributed by atoms with Crippen LogP contribution in [0, 0.1) is 35.5 Å². The van der Waals surface area contributed by atoms with E-state index < -0.39 is 48.0 Å². The summed E-state index contributed by atoms with van der Waals surface area (Å²) in [7, 11) is 5.13. The van der Waals surface area contributed by atoms with Crippen LogP contribution in [-0.2, 0) is 38.1 Å². The van der Waals surface area contributed by atoms with Gasteiger partial charge >= 0.3 is 5.97 Å². The number of hydrogen-bond acceptors (Lipinski definition) is 13. The Morgan fingerprint density at radius 3 is 2.44 bits per heavy atom. The molecule has 3 fully saturated rings. The molecule has 3 heterocycles. The summed E-state index contributed by atoms with van der Waals surface area (Å²) in [4.78, 5) is 39.0. The van der Waals surface area contributed by atoms with E-state index in [1.807, 2.05) is 58.2 Å². The van der Waals surface area contributed by atoms with Crippen molar-refractivity contribution in [3.05, 3.63) is 47.8 Å². The third-order valence-electron chi connectivity index (χ3n) is 14.7. The number of carbonyl (C=O) groups excluding carboxylic acids is 3. The Bertz CT molecular complexity index is 1600. The molecule has 64 heavy (non-hydrogen) atoms. The van der Waals surface area contributed by atoms with Crippen LogP contribution < -0.4 is 0 Å². The summed E-state index contributed by atoms with van der Waals surface area (Å²) >= 11 is 0. The quantitative estimate of drug-likeness (QED) is 0.0365. The molecule has 4 N–H and O–H groups in total. The summed E-state index contributed by atoms with van der Waals surface area (Å²) in [5.41, 5.74) is 1.11. The molecule has 8 unspecified atom stereocenters. The van der Waals surface area contributed by atoms with Gasteiger partial charge in [-0.3, -0.25) is 19.3 Å². The molecule has 13 nitrogen and oxygen atoms in total. The van der Waals surface area contributed by atoms with Crippen LogP contribution >= 0.6 is 0 Å². The van der Waals surface area contributed by atoms with Gasteiger partial charge in [0.2, 0.25) is 5.79 Å². The molecule has 0 amide bonds. The number of nitrogens with zero attached hydrogens (tertiary/aromatic N) is 1. The Balaban J connectivity index is 1.30. The summed E-state index contributed by atoms with van der Waals surface area (Å²) in [5.74, 6) is -3.06. The van der Waals surface area contributed by atoms with Gasteiger partial charge < -0.3 is 44.1 Å². The fourth-order valence-corrected chi connectivity index (χ4v) is 10.3. The van der Waals surface area contributed by atoms with E-state index in [0.29, 0.717) is 50.2 Å². The average molecular weight is 902 g/mol. The second kappa shape index (κ2) is 26.0. The van der Waals surface area contributed by atoms with Gasteiger partial charge in [-0.25, -0.2) is 0 Å². The monoisotopic (exact) mass is 902 g/mol. The molecule has 364 valence electrons. The first-order valence-electron chi connectivity index (χ1n) is 24.2. The number of rotatable bonds is 23. The average Bonchev–Trinajstić information content (AvgIpc) is 3.49. The van der Waals surface area contributed by atoms with Crippen molar-refractivity contribution in [1.29, 1.82) is 0 Å². The largest absolute Gasteiger partial charge is 0.491 e. The number of carbonyl (C=O) groups is 3. The Morgan fingerprint density at radius 1 is 0.984 bits per heavy atom. The number of hydrogen-bond donors (Lipinski definition) is 4. The smallest absolute Gasteiger partial charge is 0.323 e. The van der Waals surface area contributed by atoms with E-state index in [-0.39, 0.29) is 60.3 Å². The molecular weight excluding hydrogens is 819 g/mol. The topological polar surface area (TPSA) is 182 Å². The molecule has 16 atom stereocenters. The highest BCUT2D eigenvalue weighted by molar-refractivity contribution is 6.28. The molecule has 13 heteroatoms. The first-order valence-corrected chi connectivity index (χ1v) is 24.2. The number of esters is 1. The number of allylic oxidation sites excluding steroid dienone is 6. The van der Waals surface area contributed by atoms with Crippen LogP contribution in [0.3, 0.4) is 0 Å². The van der Waals surface area contributed by atoms with E-state index >= 15 is 0 Å². The predicted molar refractivity (Wildman–Crippen MR) is 246 cm³/mol. The van der Waals surface area contributed by atoms with Gasteiger partial charge in [0.1, 0.15) is 36.2 Å². The maximum Gasteiger partial charge on any atom is 0.323 e. The van der Waals surface area contributed by atoms with Gasteiger partial charge in [-0.15, -0.1) is 0 Å². The van der Waals surface area contributed by atoms with E-state index in [2.05, 4.69) is 24.8 Å². The number of aliphatic hydroxyl groups excluding tert-OH is 3. The number of likely N-dealkylation sites (N-methyl/N-ethyl adjacent to an activating group) is 1. The van der Waals surface area contributed by atoms with Gasteiger partial charge in [-0.2, -0.15) is 0 Å². The van der Waals surface area contributed by atoms with Gasteiger partial charge in [-0.05, 0) is 121 Å². The maximum absolute atomic E-state index is 13.8. The van der Waals surface area contributed by atoms with Crippen LogP contribution in [0.15, 0.2) is 47.8 Å². The maximum atomic E-state index is 13.8. The zero-order valence-corrected chi connectivity index (χ0v) is 40.3. The van der Waals surface area contributed by atoms with Crippen molar-refractivity contribution >= 4 is 18.0 Å². The Labute approximate surface area is 383 Å². The summed E-state index contributed by atoms with van der Waals surface area (Å²) in [6.07, 6.45) is 18.0. The minimum Gasteiger partial charge on any atom is -0.491 e. The Kier molecular flexibility index (Phi) is 21.9. The first-order chi connectivity index (χ1) is 30.4. The highest BCUT2D eigenvalue weighted by Crippen LogP contribution is 2.38. The molecule has 0 spiro atoms. The Hall–Kier alpha value is -2.75. The van der Waals surface area contributed by atoms with Crippen molar-refractivity contribution in [2.75, 3.05) is 27.8 Å². The van der Waals surface area contributed by atoms with Gasteiger partial charge in [0.25, 0.3) is 5.78 Å². The van der Waals surface area contributed by atoms with Crippen molar-refractivity contribution < 1.29 is 58.5 Å². The molecule has 4 rings (SSSR count). The van der Waals surface area contributed by atoms with Crippen molar-refractivity contribution in [2.24, 2.45) is 35.5 Å². The third-order valence-corrected chi connectivity index (χ3v) is 14.7. The van der Waals surface area contributed by atoms with Crippen molar-refractivity contribution in [2.45, 2.75) is 192 Å². The van der Waals surface area contributed by atoms with Gasteiger partial charge in [-0.1, -0.05) is 83.4 Å². The number of Topliss-reactive ketones (excluding diaryl/α,β-unsaturated/α-hetero) is 1. The predicted octanol–water partition coefficient (Wildman–Crippen LogP) is 6.79. The van der Waals surface area contributed by atoms with Crippen LogP contribution in [0.25, 0.3) is 0 Å². The van der Waals surface area contributed by atoms with Crippen molar-refractivity contribution in [3.63, 3.8) is 0 Å². The lowest BCUT2D eigenvalue weighted by atomic mass is 9.78. The normalized spacial score (nSPS) is 33.1. The SMILES string of the molecule is COC1CC(C[C@@H](C)[C@H](C[C@@H]2OC(C(O)[C@@H](OC)C(O)C(C)C[C@H](C)/C=C/C=C/C=C(\C)CC[C@@H]3CCC(C)C(O)(C(=O)C=O)O3)=C[C@H]2C)OC(=O)C2CCCCCN2C)CC[C@H]1O. The van der Waals surface area contributed by atoms with E-state index in [4.69, 9.17) is 23.7 Å². The summed E-state index contributed by atoms with van der Waals surface area (Å²) < 4.78 is 30.0. The first kappa shape index (κ1) is 53.9. The lowest BCUT2D eigenvalue weighted by Gasteiger charge is -2.39. The van der Waals surface area contributed by atoms with Gasteiger partial charge in [0, 0.05) is 32.5 Å². The fraction of sp³-hybridized carbons (Fsp3) is 0.784. The minimum atomic E-state index is -2.04. The van der Waals surface area contributed by atoms with E-state index in [1.54, 1.807) is 14.0 Å². The van der Waals surface area contributed by atoms with Gasteiger partial charge in [0.05, 0.1) is 24.4 Å². The van der Waals surface area contributed by atoms with Crippen LogP contribution in [0.4, 0.5) is 0 Å². The molecule has 4 aliphatic rings. The van der Waals surface area contributed by atoms with Crippen molar-refractivity contribution in [3.8, 4) is 0 Å². The second-order valence-corrected chi connectivity index (χ2v) is 19.9. The van der Waals surface area contributed by atoms with E-state index in [0.717, 1.165) is 63.5 Å². The zero-order valence-electron chi connectivity index (χ0n) is 40.3. The summed E-state index contributed by atoms with van der Waals surface area (Å²) in [5, 5.41) is 44.3. The Morgan fingerprint density at radius 2 is 1.73 bits per heavy atom. The van der Waals surface area contributed by atoms with Crippen LogP contribution in [0.1, 0.15) is 131 Å². The number of ketones is 1. The van der Waals surface area contributed by atoms with E-state index in [9.17, 15) is 34.8 Å². The zero-order chi connectivity index (χ0) is 47.1. The number of aliphatic hydroxyl groups is 4. The van der Waals surface area contributed by atoms with Crippen LogP contribution in [0.2, 0.25) is 0 Å². The molecule has 0 aromatic rings. The molecule has 1 aliphatic carbocycles. The number of aldehydes is 1. The number of ether oxygens (including phenoxy) is 5. The summed E-state index contributed by atoms with van der Waals surface area (Å²) in [6, 6.07) is -0.286. The minimum absolute atomic E-state index is 0.0239. The molecule has 0 radical (unpaired) electrons. The molecule has 3 aliphatic heterocycles. The molecular formula is C51H83NO12. The summed E-state index contributed by atoms with van der Waals surface area (Å²) in [6.45, 7) is 12.8. The standard InChI is InChI=1S/C51H83NO12/c1-32(19-22-39-23-20-37(6)51(59,64-39)46(55)31-53)16-12-10-13-17-33(2)26-36(5)47(56)49(61-9)48(57)45-28-35(4)42(62-45)30-43(63-50(58)40-18-14-11-15-25-52(40)7)34(3)27-38-21-24-41(54)44(29-38)60-8/h10,12-13,16-17,28,31,33-44,47-49,54,56-57,59H,11,14-15,18-27,29-30H2,1-9H3/b12-10+,17-13+,32-16+/t33-,34-,35-,36?,37?,38?,39-,40?,41-,42+,43+,44?,47?,48?,49+,51?/m1/s1. The highest BCUT2D eigenvalue weighted by atomic mass is 16.6. The highest BCUT2D eigenvalue weighted by Gasteiger charge is 2.47. The molecule has 2 saturated heterocycles. The third kappa shape index (κ3) is 15.1. The second-order valence-electron chi connectivity index (χ2n) is 19.9. The molecule has 1 saturated carbocycles. The molecule has 0 aromatic heterocycles. The lowest BCUT2D eigenvalue weighted by Crippen LogP contribution is -2.53. The molecule has 0 aromatic carbocycles. The lowest BCUT2D eigenvalue weighted by molar-refractivity contribution is -0.261. The van der Waals surface area contributed by atoms with E-state index in [1.165, 1.54) is 7.11 Å². The fourth-order valence-electron chi connectivity index (χ4n) is 10.3. The van der Waals surface area contributed by atoms with Gasteiger partial charge in [0.15, 0.2) is 6.29 Å². The van der Waals surface area contributed by atoms with Crippen molar-refractivity contribution in [1.82, 2.24) is 4.90 Å². The molecule has 0 bridgehead atoms. The van der Waals surface area contributed by atoms with Crippen LogP contribution in [-0.4, -0.2) is 132 Å².